The van der Waals surface area contributed by atoms with Crippen LogP contribution in [0.4, 0.5) is 21.5 Å². The second kappa shape index (κ2) is 6.35. The van der Waals surface area contributed by atoms with Gasteiger partial charge >= 0.3 is 0 Å². The van der Waals surface area contributed by atoms with Gasteiger partial charge in [-0.2, -0.15) is 0 Å². The Balaban J connectivity index is 2.36. The van der Waals surface area contributed by atoms with Gasteiger partial charge in [0.15, 0.2) is 11.6 Å². The van der Waals surface area contributed by atoms with Gasteiger partial charge in [0, 0.05) is 24.9 Å². The smallest absolute Gasteiger partial charge is 0.167 e. The maximum atomic E-state index is 13.7. The first-order valence-corrected chi connectivity index (χ1v) is 6.66. The molecule has 0 saturated heterocycles. The van der Waals surface area contributed by atoms with Crippen molar-refractivity contribution < 1.29 is 13.9 Å². The molecular weight excluding hydrogens is 271 g/mol. The number of hydrogen-bond donors (Lipinski definition) is 1. The number of methoxy groups -OCH3 is 1. The molecule has 2 rings (SSSR count). The lowest BCUT2D eigenvalue weighted by atomic mass is 10.2. The van der Waals surface area contributed by atoms with Gasteiger partial charge in [0.05, 0.1) is 25.1 Å². The van der Waals surface area contributed by atoms with E-state index in [1.807, 2.05) is 43.1 Å². The van der Waals surface area contributed by atoms with Crippen molar-refractivity contribution >= 4 is 17.1 Å². The van der Waals surface area contributed by atoms with Crippen molar-refractivity contribution in [1.29, 1.82) is 0 Å². The summed E-state index contributed by atoms with van der Waals surface area (Å²) in [5.74, 6) is 0.512. The molecule has 0 atom stereocenters. The largest absolute Gasteiger partial charge is 0.497 e. The number of hydrogen-bond acceptors (Lipinski definition) is 4. The number of rotatable bonds is 5. The molecule has 2 aromatic rings. The summed E-state index contributed by atoms with van der Waals surface area (Å²) in [5, 5.41) is 0. The van der Waals surface area contributed by atoms with E-state index in [9.17, 15) is 4.39 Å². The molecule has 0 amide bonds. The standard InChI is InChI=1S/C16H19FN2O2/c1-4-21-16-10-15(14(18)9-13(16)17)19(2)11-5-7-12(20-3)8-6-11/h5-10H,4,18H2,1-3H3. The second-order valence-corrected chi connectivity index (χ2v) is 4.53. The number of ether oxygens (including phenoxy) is 2. The molecule has 0 aliphatic carbocycles. The molecule has 112 valence electrons. The lowest BCUT2D eigenvalue weighted by molar-refractivity contribution is 0.322. The minimum Gasteiger partial charge on any atom is -0.497 e. The number of nitrogens with two attached hydrogens (primary N) is 1. The summed E-state index contributed by atoms with van der Waals surface area (Å²) in [7, 11) is 3.48. The van der Waals surface area contributed by atoms with Crippen molar-refractivity contribution in [3.05, 3.63) is 42.2 Å². The van der Waals surface area contributed by atoms with Crippen molar-refractivity contribution in [2.45, 2.75) is 6.92 Å². The fourth-order valence-electron chi connectivity index (χ4n) is 2.06. The Morgan fingerprint density at radius 3 is 2.43 bits per heavy atom. The van der Waals surface area contributed by atoms with Crippen LogP contribution in [-0.4, -0.2) is 20.8 Å². The zero-order valence-electron chi connectivity index (χ0n) is 12.4. The Morgan fingerprint density at radius 1 is 1.19 bits per heavy atom. The first-order chi connectivity index (χ1) is 10.1. The third kappa shape index (κ3) is 3.18. The van der Waals surface area contributed by atoms with Crippen molar-refractivity contribution in [1.82, 2.24) is 0 Å². The maximum Gasteiger partial charge on any atom is 0.167 e. The van der Waals surface area contributed by atoms with Crippen molar-refractivity contribution in [3.8, 4) is 11.5 Å². The van der Waals surface area contributed by atoms with Gasteiger partial charge in [-0.25, -0.2) is 4.39 Å². The molecule has 0 unspecified atom stereocenters. The average Bonchev–Trinajstić information content (AvgIpc) is 2.49. The van der Waals surface area contributed by atoms with Gasteiger partial charge in [-0.3, -0.25) is 0 Å². The molecule has 0 spiro atoms. The SMILES string of the molecule is CCOc1cc(N(C)c2ccc(OC)cc2)c(N)cc1F. The molecule has 0 aliphatic rings. The van der Waals surface area contributed by atoms with E-state index in [-0.39, 0.29) is 5.75 Å². The van der Waals surface area contributed by atoms with Gasteiger partial charge in [-0.15, -0.1) is 0 Å². The Morgan fingerprint density at radius 2 is 1.86 bits per heavy atom. The zero-order chi connectivity index (χ0) is 15.4. The first-order valence-electron chi connectivity index (χ1n) is 6.66. The molecule has 21 heavy (non-hydrogen) atoms. The number of nitrogen functional groups attached to an aromatic ring is 1. The van der Waals surface area contributed by atoms with Crippen LogP contribution < -0.4 is 20.1 Å². The van der Waals surface area contributed by atoms with Crippen molar-refractivity contribution in [3.63, 3.8) is 0 Å². The maximum absolute atomic E-state index is 13.7. The third-order valence-corrected chi connectivity index (χ3v) is 3.20. The van der Waals surface area contributed by atoms with E-state index in [1.54, 1.807) is 13.2 Å². The molecule has 4 nitrogen and oxygen atoms in total. The van der Waals surface area contributed by atoms with E-state index in [2.05, 4.69) is 0 Å². The molecular formula is C16H19FN2O2. The van der Waals surface area contributed by atoms with Crippen LogP contribution in [0.5, 0.6) is 11.5 Å². The Bertz CT molecular complexity index is 614. The molecule has 2 N–H and O–H groups in total. The van der Waals surface area contributed by atoms with Gasteiger partial charge in [-0.1, -0.05) is 0 Å². The van der Waals surface area contributed by atoms with Gasteiger partial charge in [0.1, 0.15) is 5.75 Å². The number of anilines is 3. The van der Waals surface area contributed by atoms with E-state index in [0.29, 0.717) is 18.0 Å². The first kappa shape index (κ1) is 15.0. The molecule has 0 aromatic heterocycles. The summed E-state index contributed by atoms with van der Waals surface area (Å²) < 4.78 is 24.2. The van der Waals surface area contributed by atoms with Crippen LogP contribution in [0.15, 0.2) is 36.4 Å². The monoisotopic (exact) mass is 290 g/mol. The van der Waals surface area contributed by atoms with Crippen molar-refractivity contribution in [2.24, 2.45) is 0 Å². The lowest BCUT2D eigenvalue weighted by Crippen LogP contribution is -2.12. The molecule has 0 aliphatic heterocycles. The van der Waals surface area contributed by atoms with E-state index in [1.165, 1.54) is 6.07 Å². The normalized spacial score (nSPS) is 10.3. The predicted molar refractivity (Wildman–Crippen MR) is 83.0 cm³/mol. The van der Waals surface area contributed by atoms with E-state index in [4.69, 9.17) is 15.2 Å². The van der Waals surface area contributed by atoms with Gasteiger partial charge in [-0.05, 0) is 31.2 Å². The van der Waals surface area contributed by atoms with Crippen LogP contribution in [-0.2, 0) is 0 Å². The summed E-state index contributed by atoms with van der Waals surface area (Å²) in [6, 6.07) is 10.4. The van der Waals surface area contributed by atoms with Crippen LogP contribution >= 0.6 is 0 Å². The molecule has 5 heteroatoms. The Hall–Kier alpha value is -2.43. The fraction of sp³-hybridized carbons (Fsp3) is 0.250. The molecule has 0 fully saturated rings. The van der Waals surface area contributed by atoms with E-state index >= 15 is 0 Å². The predicted octanol–water partition coefficient (Wildman–Crippen LogP) is 3.58. The Labute approximate surface area is 123 Å². The van der Waals surface area contributed by atoms with Gasteiger partial charge < -0.3 is 20.1 Å². The van der Waals surface area contributed by atoms with Crippen LogP contribution in [0.25, 0.3) is 0 Å². The van der Waals surface area contributed by atoms with E-state index < -0.39 is 5.82 Å². The summed E-state index contributed by atoms with van der Waals surface area (Å²) in [6.45, 7) is 2.20. The Kier molecular flexibility index (Phi) is 4.52. The number of nitrogens with zero attached hydrogens (tertiary/aromatic N) is 1. The summed E-state index contributed by atoms with van der Waals surface area (Å²) in [6.07, 6.45) is 0. The van der Waals surface area contributed by atoms with Crippen LogP contribution in [0.3, 0.4) is 0 Å². The van der Waals surface area contributed by atoms with Crippen molar-refractivity contribution in [2.75, 3.05) is 31.4 Å². The summed E-state index contributed by atoms with van der Waals surface area (Å²) in [5.41, 5.74) is 7.87. The molecule has 0 heterocycles. The minimum absolute atomic E-state index is 0.196. The molecule has 0 radical (unpaired) electrons. The zero-order valence-corrected chi connectivity index (χ0v) is 12.4. The highest BCUT2D eigenvalue weighted by atomic mass is 19.1. The highest BCUT2D eigenvalue weighted by molar-refractivity contribution is 5.76. The number of halogens is 1. The summed E-state index contributed by atoms with van der Waals surface area (Å²) >= 11 is 0. The number of benzene rings is 2. The molecule has 0 saturated carbocycles. The van der Waals surface area contributed by atoms with E-state index in [0.717, 1.165) is 11.4 Å². The summed E-state index contributed by atoms with van der Waals surface area (Å²) in [4.78, 5) is 1.87. The van der Waals surface area contributed by atoms with Crippen LogP contribution in [0, 0.1) is 5.82 Å². The highest BCUT2D eigenvalue weighted by Gasteiger charge is 2.13. The fourth-order valence-corrected chi connectivity index (χ4v) is 2.06. The topological polar surface area (TPSA) is 47.7 Å². The molecule has 0 bridgehead atoms. The minimum atomic E-state index is -0.457. The lowest BCUT2D eigenvalue weighted by Gasteiger charge is -2.22. The van der Waals surface area contributed by atoms with Gasteiger partial charge in [0.2, 0.25) is 0 Å². The third-order valence-electron chi connectivity index (χ3n) is 3.20. The van der Waals surface area contributed by atoms with Crippen LogP contribution in [0.2, 0.25) is 0 Å². The quantitative estimate of drug-likeness (QED) is 0.855. The van der Waals surface area contributed by atoms with Crippen LogP contribution in [0.1, 0.15) is 6.92 Å². The highest BCUT2D eigenvalue weighted by Crippen LogP contribution is 2.34. The van der Waals surface area contributed by atoms with Gasteiger partial charge in [0.25, 0.3) is 0 Å². The second-order valence-electron chi connectivity index (χ2n) is 4.53. The molecule has 2 aromatic carbocycles. The average molecular weight is 290 g/mol.